The van der Waals surface area contributed by atoms with Gasteiger partial charge in [0.05, 0.1) is 0 Å². The minimum absolute atomic E-state index is 0.630. The Morgan fingerprint density at radius 1 is 1.12 bits per heavy atom. The van der Waals surface area contributed by atoms with Crippen molar-refractivity contribution < 1.29 is 5.11 Å². The molecule has 0 radical (unpaired) electrons. The second-order valence-electron chi connectivity index (χ2n) is 4.52. The molecule has 17 heavy (non-hydrogen) atoms. The molecule has 1 aliphatic rings. The average molecular weight is 226 g/mol. The van der Waals surface area contributed by atoms with Crippen LogP contribution in [0.25, 0.3) is 0 Å². The van der Waals surface area contributed by atoms with Crippen molar-refractivity contribution in [1.82, 2.24) is 9.97 Å². The first-order valence-corrected chi connectivity index (χ1v) is 5.87. The molecule has 1 saturated carbocycles. The lowest BCUT2D eigenvalue weighted by Gasteiger charge is -2.11. The summed E-state index contributed by atoms with van der Waals surface area (Å²) in [4.78, 5) is 7.86. The van der Waals surface area contributed by atoms with Crippen molar-refractivity contribution in [2.45, 2.75) is 24.9 Å². The lowest BCUT2D eigenvalue weighted by Crippen LogP contribution is -2.01. The van der Waals surface area contributed by atoms with E-state index >= 15 is 0 Å². The van der Waals surface area contributed by atoms with Crippen LogP contribution in [0.15, 0.2) is 43.0 Å². The minimum Gasteiger partial charge on any atom is -0.384 e. The van der Waals surface area contributed by atoms with Gasteiger partial charge in [0.25, 0.3) is 0 Å². The van der Waals surface area contributed by atoms with Crippen molar-refractivity contribution in [2.24, 2.45) is 0 Å². The highest BCUT2D eigenvalue weighted by Crippen LogP contribution is 2.40. The van der Waals surface area contributed by atoms with Gasteiger partial charge in [-0.2, -0.15) is 0 Å². The first-order chi connectivity index (χ1) is 8.34. The van der Waals surface area contributed by atoms with Gasteiger partial charge in [0, 0.05) is 18.0 Å². The van der Waals surface area contributed by atoms with E-state index in [0.29, 0.717) is 5.92 Å². The van der Waals surface area contributed by atoms with E-state index < -0.39 is 6.10 Å². The molecule has 1 aliphatic carbocycles. The molecule has 3 rings (SSSR count). The Bertz CT molecular complexity index is 509. The van der Waals surface area contributed by atoms with Gasteiger partial charge in [0.1, 0.15) is 12.4 Å². The fraction of sp³-hybridized carbons (Fsp3) is 0.286. The number of nitrogens with zero attached hydrogens (tertiary/aromatic N) is 2. The van der Waals surface area contributed by atoms with Crippen LogP contribution >= 0.6 is 0 Å². The third-order valence-corrected chi connectivity index (χ3v) is 3.17. The van der Waals surface area contributed by atoms with Crippen LogP contribution in [-0.2, 0) is 0 Å². The van der Waals surface area contributed by atoms with E-state index in [1.165, 1.54) is 24.7 Å². The summed E-state index contributed by atoms with van der Waals surface area (Å²) in [7, 11) is 0. The zero-order chi connectivity index (χ0) is 11.7. The highest BCUT2D eigenvalue weighted by atomic mass is 16.3. The predicted molar refractivity (Wildman–Crippen MR) is 64.5 cm³/mol. The standard InChI is InChI=1S/C14H14N2O/c17-14(13-7-15-9-16-8-13)12-3-1-2-11(6-12)10-4-5-10/h1-3,6-10,14,17H,4-5H2. The molecule has 0 saturated heterocycles. The van der Waals surface area contributed by atoms with Gasteiger partial charge >= 0.3 is 0 Å². The van der Waals surface area contributed by atoms with E-state index in [0.717, 1.165) is 11.1 Å². The van der Waals surface area contributed by atoms with Crippen LogP contribution in [0.3, 0.4) is 0 Å². The summed E-state index contributed by atoms with van der Waals surface area (Å²) in [6.45, 7) is 0. The summed E-state index contributed by atoms with van der Waals surface area (Å²) >= 11 is 0. The number of rotatable bonds is 3. The third kappa shape index (κ3) is 2.19. The van der Waals surface area contributed by atoms with Crippen molar-refractivity contribution in [1.29, 1.82) is 0 Å². The first kappa shape index (κ1) is 10.4. The van der Waals surface area contributed by atoms with Crippen LogP contribution in [0.2, 0.25) is 0 Å². The monoisotopic (exact) mass is 226 g/mol. The number of hydrogen-bond acceptors (Lipinski definition) is 3. The molecule has 3 heteroatoms. The number of hydrogen-bond donors (Lipinski definition) is 1. The third-order valence-electron chi connectivity index (χ3n) is 3.17. The Morgan fingerprint density at radius 2 is 1.88 bits per heavy atom. The van der Waals surface area contributed by atoms with Crippen LogP contribution in [0, 0.1) is 0 Å². The van der Waals surface area contributed by atoms with Gasteiger partial charge in [-0.3, -0.25) is 0 Å². The molecule has 1 N–H and O–H groups in total. The van der Waals surface area contributed by atoms with E-state index in [9.17, 15) is 5.11 Å². The van der Waals surface area contributed by atoms with Crippen LogP contribution in [0.5, 0.6) is 0 Å². The summed E-state index contributed by atoms with van der Waals surface area (Å²) < 4.78 is 0. The topological polar surface area (TPSA) is 46.0 Å². The van der Waals surface area contributed by atoms with E-state index in [2.05, 4.69) is 22.1 Å². The molecule has 0 amide bonds. The Morgan fingerprint density at radius 3 is 2.59 bits per heavy atom. The molecular formula is C14H14N2O. The van der Waals surface area contributed by atoms with E-state index in [1.54, 1.807) is 12.4 Å². The van der Waals surface area contributed by atoms with Crippen LogP contribution in [-0.4, -0.2) is 15.1 Å². The number of benzene rings is 1. The summed E-state index contributed by atoms with van der Waals surface area (Å²) in [6.07, 6.45) is 6.69. The van der Waals surface area contributed by atoms with Crippen molar-refractivity contribution >= 4 is 0 Å². The van der Waals surface area contributed by atoms with Gasteiger partial charge in [-0.1, -0.05) is 24.3 Å². The van der Waals surface area contributed by atoms with Gasteiger partial charge in [0.15, 0.2) is 0 Å². The molecule has 0 aliphatic heterocycles. The van der Waals surface area contributed by atoms with Gasteiger partial charge in [-0.05, 0) is 29.9 Å². The molecule has 1 fully saturated rings. The van der Waals surface area contributed by atoms with Crippen molar-refractivity contribution in [2.75, 3.05) is 0 Å². The zero-order valence-corrected chi connectivity index (χ0v) is 9.45. The van der Waals surface area contributed by atoms with Gasteiger partial charge in [-0.25, -0.2) is 9.97 Å². The fourth-order valence-corrected chi connectivity index (χ4v) is 2.04. The van der Waals surface area contributed by atoms with Gasteiger partial charge < -0.3 is 5.11 Å². The SMILES string of the molecule is OC(c1cncnc1)c1cccc(C2CC2)c1. The van der Waals surface area contributed by atoms with E-state index in [4.69, 9.17) is 0 Å². The molecule has 1 unspecified atom stereocenters. The van der Waals surface area contributed by atoms with Gasteiger partial charge in [-0.15, -0.1) is 0 Å². The smallest absolute Gasteiger partial charge is 0.115 e. The maximum Gasteiger partial charge on any atom is 0.115 e. The largest absolute Gasteiger partial charge is 0.384 e. The van der Waals surface area contributed by atoms with Crippen LogP contribution in [0.4, 0.5) is 0 Å². The summed E-state index contributed by atoms with van der Waals surface area (Å²) in [6, 6.07) is 8.18. The Balaban J connectivity index is 1.90. The maximum atomic E-state index is 10.2. The lowest BCUT2D eigenvalue weighted by atomic mass is 10.0. The Hall–Kier alpha value is -1.74. The number of aliphatic hydroxyl groups is 1. The first-order valence-electron chi connectivity index (χ1n) is 5.87. The Labute approximate surface area is 100 Å². The second kappa shape index (κ2) is 4.26. The molecule has 86 valence electrons. The lowest BCUT2D eigenvalue weighted by molar-refractivity contribution is 0.219. The van der Waals surface area contributed by atoms with Crippen molar-refractivity contribution in [3.8, 4) is 0 Å². The molecule has 1 aromatic heterocycles. The molecule has 2 aromatic rings. The quantitative estimate of drug-likeness (QED) is 0.874. The molecular weight excluding hydrogens is 212 g/mol. The average Bonchev–Trinajstić information content (AvgIpc) is 3.23. The maximum absolute atomic E-state index is 10.2. The van der Waals surface area contributed by atoms with Crippen molar-refractivity contribution in [3.63, 3.8) is 0 Å². The van der Waals surface area contributed by atoms with E-state index in [-0.39, 0.29) is 0 Å². The van der Waals surface area contributed by atoms with E-state index in [1.807, 2.05) is 12.1 Å². The highest BCUT2D eigenvalue weighted by molar-refractivity contribution is 5.33. The highest BCUT2D eigenvalue weighted by Gasteiger charge is 2.24. The summed E-state index contributed by atoms with van der Waals surface area (Å²) in [5.41, 5.74) is 2.99. The molecule has 1 heterocycles. The Kier molecular flexibility index (Phi) is 2.61. The molecule has 3 nitrogen and oxygen atoms in total. The molecule has 0 spiro atoms. The van der Waals surface area contributed by atoms with Crippen molar-refractivity contribution in [3.05, 3.63) is 59.7 Å². The van der Waals surface area contributed by atoms with Gasteiger partial charge in [0.2, 0.25) is 0 Å². The summed E-state index contributed by atoms with van der Waals surface area (Å²) in [5, 5.41) is 10.2. The van der Waals surface area contributed by atoms with Crippen LogP contribution < -0.4 is 0 Å². The number of aromatic nitrogens is 2. The molecule has 1 aromatic carbocycles. The second-order valence-corrected chi connectivity index (χ2v) is 4.52. The normalized spacial score (nSPS) is 16.8. The number of aliphatic hydroxyl groups excluding tert-OH is 1. The molecule has 1 atom stereocenters. The fourth-order valence-electron chi connectivity index (χ4n) is 2.04. The summed E-state index contributed by atoms with van der Waals surface area (Å²) in [5.74, 6) is 0.703. The minimum atomic E-state index is -0.630. The van der Waals surface area contributed by atoms with Crippen LogP contribution in [0.1, 0.15) is 41.6 Å². The molecule has 0 bridgehead atoms. The zero-order valence-electron chi connectivity index (χ0n) is 9.45. The predicted octanol–water partition coefficient (Wildman–Crippen LogP) is 2.44.